The summed E-state index contributed by atoms with van der Waals surface area (Å²) in [6.07, 6.45) is 0. The number of hydrogen-bond donors (Lipinski definition) is 1. The molecule has 0 saturated carbocycles. The SMILES string of the molecule is COc1ccc2cc(C(=O)Nc3ccccc3)c(=Nc3ccc(F)cc3)oc2c1. The molecule has 0 bridgehead atoms. The topological polar surface area (TPSA) is 63.8 Å². The van der Waals surface area contributed by atoms with Crippen molar-refractivity contribution in [1.82, 2.24) is 0 Å². The predicted molar refractivity (Wildman–Crippen MR) is 109 cm³/mol. The van der Waals surface area contributed by atoms with E-state index in [9.17, 15) is 9.18 Å². The first-order valence-corrected chi connectivity index (χ1v) is 8.91. The van der Waals surface area contributed by atoms with Crippen LogP contribution in [0.5, 0.6) is 5.75 Å². The second-order valence-corrected chi connectivity index (χ2v) is 6.28. The molecule has 144 valence electrons. The molecule has 1 amide bonds. The molecule has 1 heterocycles. The van der Waals surface area contributed by atoms with Crippen LogP contribution in [-0.4, -0.2) is 13.0 Å². The molecule has 0 fully saturated rings. The van der Waals surface area contributed by atoms with Crippen LogP contribution in [0.25, 0.3) is 11.0 Å². The van der Waals surface area contributed by atoms with E-state index in [0.717, 1.165) is 5.39 Å². The van der Waals surface area contributed by atoms with Gasteiger partial charge in [0, 0.05) is 17.1 Å². The third-order valence-corrected chi connectivity index (χ3v) is 4.29. The molecule has 0 atom stereocenters. The predicted octanol–water partition coefficient (Wildman–Crippen LogP) is 5.07. The van der Waals surface area contributed by atoms with E-state index in [-0.39, 0.29) is 22.8 Å². The highest BCUT2D eigenvalue weighted by Crippen LogP contribution is 2.21. The molecule has 0 spiro atoms. The molecule has 1 N–H and O–H groups in total. The van der Waals surface area contributed by atoms with E-state index in [1.165, 1.54) is 24.3 Å². The average Bonchev–Trinajstić information content (AvgIpc) is 2.75. The Hall–Kier alpha value is -3.93. The number of nitrogens with one attached hydrogen (secondary N) is 1. The fourth-order valence-electron chi connectivity index (χ4n) is 2.82. The third-order valence-electron chi connectivity index (χ3n) is 4.29. The van der Waals surface area contributed by atoms with Gasteiger partial charge in [0.25, 0.3) is 5.91 Å². The van der Waals surface area contributed by atoms with Gasteiger partial charge in [0.05, 0.1) is 12.8 Å². The molecular weight excluding hydrogens is 371 g/mol. The van der Waals surface area contributed by atoms with Gasteiger partial charge in [0.15, 0.2) is 0 Å². The minimum atomic E-state index is -0.369. The molecule has 6 heteroatoms. The molecule has 0 aliphatic rings. The van der Waals surface area contributed by atoms with Crippen molar-refractivity contribution in [1.29, 1.82) is 0 Å². The Labute approximate surface area is 166 Å². The monoisotopic (exact) mass is 388 g/mol. The maximum Gasteiger partial charge on any atom is 0.261 e. The van der Waals surface area contributed by atoms with E-state index in [1.807, 2.05) is 18.2 Å². The molecule has 0 saturated heterocycles. The second-order valence-electron chi connectivity index (χ2n) is 6.28. The molecule has 0 radical (unpaired) electrons. The zero-order valence-corrected chi connectivity index (χ0v) is 15.6. The first-order valence-electron chi connectivity index (χ1n) is 8.91. The first-order chi connectivity index (χ1) is 14.1. The van der Waals surface area contributed by atoms with E-state index in [2.05, 4.69) is 10.3 Å². The Balaban J connectivity index is 1.86. The van der Waals surface area contributed by atoms with Crippen LogP contribution >= 0.6 is 0 Å². The highest BCUT2D eigenvalue weighted by atomic mass is 19.1. The van der Waals surface area contributed by atoms with Gasteiger partial charge in [-0.3, -0.25) is 4.79 Å². The number of carbonyl (C=O) groups excluding carboxylic acids is 1. The van der Waals surface area contributed by atoms with Crippen LogP contribution in [0, 0.1) is 5.82 Å². The Morgan fingerprint density at radius 3 is 2.48 bits per heavy atom. The van der Waals surface area contributed by atoms with Crippen LogP contribution < -0.4 is 15.6 Å². The molecule has 5 nitrogen and oxygen atoms in total. The fourth-order valence-corrected chi connectivity index (χ4v) is 2.82. The van der Waals surface area contributed by atoms with Crippen LogP contribution in [-0.2, 0) is 0 Å². The van der Waals surface area contributed by atoms with Crippen LogP contribution in [0.3, 0.4) is 0 Å². The van der Waals surface area contributed by atoms with Gasteiger partial charge in [-0.1, -0.05) is 18.2 Å². The van der Waals surface area contributed by atoms with Crippen molar-refractivity contribution < 1.29 is 18.3 Å². The Bertz CT molecular complexity index is 1230. The molecular formula is C23H17FN2O3. The lowest BCUT2D eigenvalue weighted by molar-refractivity contribution is 0.102. The van der Waals surface area contributed by atoms with Crippen LogP contribution in [0.4, 0.5) is 15.8 Å². The van der Waals surface area contributed by atoms with Crippen LogP contribution in [0.1, 0.15) is 10.4 Å². The van der Waals surface area contributed by atoms with Gasteiger partial charge in [0.2, 0.25) is 5.55 Å². The largest absolute Gasteiger partial charge is 0.497 e. The quantitative estimate of drug-likeness (QED) is 0.531. The Morgan fingerprint density at radius 2 is 1.76 bits per heavy atom. The standard InChI is InChI=1S/C23H17FN2O3/c1-28-19-12-7-15-13-20(22(27)25-17-5-3-2-4-6-17)23(29-21(15)14-19)26-18-10-8-16(24)9-11-18/h2-14H,1H3,(H,25,27). The number of rotatable bonds is 4. The summed E-state index contributed by atoms with van der Waals surface area (Å²) in [5, 5.41) is 3.56. The number of carbonyl (C=O) groups is 1. The summed E-state index contributed by atoms with van der Waals surface area (Å²) in [4.78, 5) is 17.3. The number of anilines is 1. The van der Waals surface area contributed by atoms with E-state index >= 15 is 0 Å². The summed E-state index contributed by atoms with van der Waals surface area (Å²) < 4.78 is 24.4. The number of fused-ring (bicyclic) bond motifs is 1. The number of para-hydroxylation sites is 1. The molecule has 3 aromatic carbocycles. The number of ether oxygens (including phenoxy) is 1. The van der Waals surface area contributed by atoms with Gasteiger partial charge >= 0.3 is 0 Å². The molecule has 0 aliphatic carbocycles. The van der Waals surface area contributed by atoms with Gasteiger partial charge < -0.3 is 14.5 Å². The minimum absolute atomic E-state index is 0.116. The lowest BCUT2D eigenvalue weighted by atomic mass is 10.1. The third kappa shape index (κ3) is 4.16. The minimum Gasteiger partial charge on any atom is -0.497 e. The molecule has 0 unspecified atom stereocenters. The van der Waals surface area contributed by atoms with Gasteiger partial charge in [-0.2, -0.15) is 0 Å². The smallest absolute Gasteiger partial charge is 0.261 e. The van der Waals surface area contributed by atoms with Gasteiger partial charge in [0.1, 0.15) is 22.7 Å². The summed E-state index contributed by atoms with van der Waals surface area (Å²) in [5.41, 5.74) is 2.01. The molecule has 4 rings (SSSR count). The highest BCUT2D eigenvalue weighted by Gasteiger charge is 2.14. The maximum absolute atomic E-state index is 13.2. The Kier molecular flexibility index (Phi) is 5.07. The lowest BCUT2D eigenvalue weighted by Gasteiger charge is -2.08. The second kappa shape index (κ2) is 7.98. The van der Waals surface area contributed by atoms with E-state index < -0.39 is 0 Å². The van der Waals surface area contributed by atoms with Crippen molar-refractivity contribution in [3.8, 4) is 5.75 Å². The van der Waals surface area contributed by atoms with Crippen molar-refractivity contribution in [2.75, 3.05) is 12.4 Å². The number of nitrogens with zero attached hydrogens (tertiary/aromatic N) is 1. The maximum atomic E-state index is 13.2. The highest BCUT2D eigenvalue weighted by molar-refractivity contribution is 6.05. The van der Waals surface area contributed by atoms with Crippen molar-refractivity contribution >= 4 is 28.3 Å². The summed E-state index contributed by atoms with van der Waals surface area (Å²) in [5.74, 6) is -0.111. The number of halogens is 1. The van der Waals surface area contributed by atoms with Crippen molar-refractivity contribution in [2.24, 2.45) is 4.99 Å². The zero-order chi connectivity index (χ0) is 20.2. The number of hydrogen-bond acceptors (Lipinski definition) is 4. The van der Waals surface area contributed by atoms with Crippen LogP contribution in [0.15, 0.2) is 88.3 Å². The van der Waals surface area contributed by atoms with E-state index in [4.69, 9.17) is 9.15 Å². The summed E-state index contributed by atoms with van der Waals surface area (Å²) >= 11 is 0. The molecule has 0 aliphatic heterocycles. The van der Waals surface area contributed by atoms with Crippen LogP contribution in [0.2, 0.25) is 0 Å². The first kappa shape index (κ1) is 18.4. The van der Waals surface area contributed by atoms with Gasteiger partial charge in [-0.25, -0.2) is 9.38 Å². The molecule has 29 heavy (non-hydrogen) atoms. The lowest BCUT2D eigenvalue weighted by Crippen LogP contribution is -2.21. The van der Waals surface area contributed by atoms with E-state index in [0.29, 0.717) is 22.7 Å². The Morgan fingerprint density at radius 1 is 1.00 bits per heavy atom. The molecule has 4 aromatic rings. The average molecular weight is 388 g/mol. The summed E-state index contributed by atoms with van der Waals surface area (Å²) in [6.45, 7) is 0. The fraction of sp³-hybridized carbons (Fsp3) is 0.0435. The number of benzene rings is 3. The number of methoxy groups -OCH3 is 1. The van der Waals surface area contributed by atoms with E-state index in [1.54, 1.807) is 43.5 Å². The zero-order valence-electron chi connectivity index (χ0n) is 15.6. The normalized spacial score (nSPS) is 11.4. The number of amides is 1. The van der Waals surface area contributed by atoms with Crippen molar-refractivity contribution in [3.63, 3.8) is 0 Å². The van der Waals surface area contributed by atoms with Crippen molar-refractivity contribution in [3.05, 3.63) is 95.8 Å². The van der Waals surface area contributed by atoms with Gasteiger partial charge in [-0.05, 0) is 54.6 Å². The molecule has 1 aromatic heterocycles. The summed E-state index contributed by atoms with van der Waals surface area (Å²) in [7, 11) is 1.56. The van der Waals surface area contributed by atoms with Crippen molar-refractivity contribution in [2.45, 2.75) is 0 Å². The van der Waals surface area contributed by atoms with Gasteiger partial charge in [-0.15, -0.1) is 0 Å². The summed E-state index contributed by atoms with van der Waals surface area (Å²) in [6, 6.07) is 21.7.